The minimum absolute atomic E-state index is 0.0414. The van der Waals surface area contributed by atoms with Crippen molar-refractivity contribution in [3.8, 4) is 11.1 Å². The zero-order chi connectivity index (χ0) is 30.1. The number of para-hydroxylation sites is 1. The van der Waals surface area contributed by atoms with Crippen molar-refractivity contribution in [1.29, 1.82) is 0 Å². The molecule has 5 rings (SSSR count). The lowest BCUT2D eigenvalue weighted by atomic mass is 9.91. The van der Waals surface area contributed by atoms with Gasteiger partial charge in [-0.25, -0.2) is 4.79 Å². The third-order valence-corrected chi connectivity index (χ3v) is 6.80. The number of hydrogen-bond acceptors (Lipinski definition) is 3. The number of carboxylic acid groups (broad SMARTS) is 1. The summed E-state index contributed by atoms with van der Waals surface area (Å²) in [5, 5.41) is 12.6. The van der Waals surface area contributed by atoms with Gasteiger partial charge in [-0.15, -0.1) is 0 Å². The highest BCUT2D eigenvalue weighted by Crippen LogP contribution is 2.39. The van der Waals surface area contributed by atoms with Gasteiger partial charge in [0.25, 0.3) is 0 Å². The maximum absolute atomic E-state index is 13.9. The van der Waals surface area contributed by atoms with Crippen LogP contribution < -0.4 is 5.32 Å². The SMILES string of the molecule is O=C(O)c1c(NCc2cccc(-c3c(Cc4ccccc4)cnc4c(C(F)(F)F)cccc34)c2)cccc1C(F)(F)F. The molecule has 0 unspecified atom stereocenters. The highest BCUT2D eigenvalue weighted by molar-refractivity contribution is 5.98. The molecule has 5 aromatic rings. The Labute approximate surface area is 236 Å². The molecule has 0 radical (unpaired) electrons. The summed E-state index contributed by atoms with van der Waals surface area (Å²) in [7, 11) is 0. The summed E-state index contributed by atoms with van der Waals surface area (Å²) < 4.78 is 81.9. The third-order valence-electron chi connectivity index (χ3n) is 6.80. The van der Waals surface area contributed by atoms with Crippen LogP contribution in [0.15, 0.2) is 97.2 Å². The van der Waals surface area contributed by atoms with E-state index in [1.165, 1.54) is 18.3 Å². The minimum atomic E-state index is -4.86. The summed E-state index contributed by atoms with van der Waals surface area (Å²) in [6, 6.07) is 23.1. The van der Waals surface area contributed by atoms with E-state index < -0.39 is 35.0 Å². The monoisotopic (exact) mass is 580 g/mol. The number of halogens is 6. The molecule has 214 valence electrons. The average Bonchev–Trinajstić information content (AvgIpc) is 2.95. The molecule has 10 heteroatoms. The Hall–Kier alpha value is -4.86. The third kappa shape index (κ3) is 5.93. The summed E-state index contributed by atoms with van der Waals surface area (Å²) in [6.45, 7) is -0.0414. The van der Waals surface area contributed by atoms with Gasteiger partial charge in [0, 0.05) is 23.8 Å². The molecule has 0 atom stereocenters. The Balaban J connectivity index is 1.58. The molecule has 4 aromatic carbocycles. The zero-order valence-electron chi connectivity index (χ0n) is 21.7. The Morgan fingerprint density at radius 1 is 0.762 bits per heavy atom. The number of carboxylic acids is 1. The number of fused-ring (bicyclic) bond motifs is 1. The number of rotatable bonds is 7. The van der Waals surface area contributed by atoms with Crippen LogP contribution in [0.25, 0.3) is 22.0 Å². The maximum Gasteiger partial charge on any atom is 0.418 e. The number of hydrogen-bond donors (Lipinski definition) is 2. The van der Waals surface area contributed by atoms with Crippen LogP contribution in [-0.4, -0.2) is 16.1 Å². The van der Waals surface area contributed by atoms with E-state index in [4.69, 9.17) is 0 Å². The Morgan fingerprint density at radius 2 is 1.40 bits per heavy atom. The molecule has 0 aliphatic heterocycles. The molecule has 0 aliphatic rings. The van der Waals surface area contributed by atoms with E-state index in [9.17, 15) is 36.2 Å². The molecule has 0 saturated carbocycles. The number of alkyl halides is 6. The first kappa shape index (κ1) is 28.7. The first-order valence-electron chi connectivity index (χ1n) is 12.7. The largest absolute Gasteiger partial charge is 0.478 e. The number of benzene rings is 4. The van der Waals surface area contributed by atoms with E-state index in [1.54, 1.807) is 30.3 Å². The summed E-state index contributed by atoms with van der Waals surface area (Å²) in [4.78, 5) is 15.9. The zero-order valence-corrected chi connectivity index (χ0v) is 21.7. The fourth-order valence-electron chi connectivity index (χ4n) is 4.98. The highest BCUT2D eigenvalue weighted by Gasteiger charge is 2.36. The van der Waals surface area contributed by atoms with Crippen molar-refractivity contribution in [2.75, 3.05) is 5.32 Å². The summed E-state index contributed by atoms with van der Waals surface area (Å²) in [6.07, 6.45) is -7.65. The van der Waals surface area contributed by atoms with Crippen molar-refractivity contribution in [3.05, 3.63) is 131 Å². The van der Waals surface area contributed by atoms with Gasteiger partial charge in [-0.3, -0.25) is 4.98 Å². The molecular weight excluding hydrogens is 558 g/mol. The van der Waals surface area contributed by atoms with Gasteiger partial charge in [0.15, 0.2) is 0 Å². The minimum Gasteiger partial charge on any atom is -0.478 e. The van der Waals surface area contributed by atoms with Crippen LogP contribution in [0, 0.1) is 0 Å². The fourth-order valence-corrected chi connectivity index (χ4v) is 4.98. The quantitative estimate of drug-likeness (QED) is 0.189. The predicted octanol–water partition coefficient (Wildman–Crippen LogP) is 8.84. The van der Waals surface area contributed by atoms with Gasteiger partial charge in [0.05, 0.1) is 22.2 Å². The van der Waals surface area contributed by atoms with E-state index in [0.717, 1.165) is 17.7 Å². The first-order valence-corrected chi connectivity index (χ1v) is 12.7. The molecule has 0 spiro atoms. The van der Waals surface area contributed by atoms with Crippen molar-refractivity contribution in [2.45, 2.75) is 25.3 Å². The highest BCUT2D eigenvalue weighted by atomic mass is 19.4. The maximum atomic E-state index is 13.9. The van der Waals surface area contributed by atoms with Crippen molar-refractivity contribution < 1.29 is 36.2 Å². The molecule has 0 fully saturated rings. The Morgan fingerprint density at radius 3 is 2.10 bits per heavy atom. The van der Waals surface area contributed by atoms with Gasteiger partial charge in [-0.05, 0) is 58.5 Å². The van der Waals surface area contributed by atoms with Crippen LogP contribution in [0.1, 0.15) is 38.2 Å². The van der Waals surface area contributed by atoms with Crippen LogP contribution in [0.5, 0.6) is 0 Å². The Bertz CT molecular complexity index is 1770. The second-order valence-electron chi connectivity index (χ2n) is 9.61. The summed E-state index contributed by atoms with van der Waals surface area (Å²) >= 11 is 0. The molecular formula is C32H22F6N2O2. The van der Waals surface area contributed by atoms with Gasteiger partial charge < -0.3 is 10.4 Å². The molecule has 1 heterocycles. The van der Waals surface area contributed by atoms with Crippen LogP contribution >= 0.6 is 0 Å². The number of pyridine rings is 1. The van der Waals surface area contributed by atoms with Crippen molar-refractivity contribution >= 4 is 22.6 Å². The second-order valence-corrected chi connectivity index (χ2v) is 9.61. The number of aromatic nitrogens is 1. The van der Waals surface area contributed by atoms with E-state index in [0.29, 0.717) is 40.1 Å². The van der Waals surface area contributed by atoms with Crippen molar-refractivity contribution in [2.24, 2.45) is 0 Å². The average molecular weight is 581 g/mol. The fraction of sp³-hybridized carbons (Fsp3) is 0.125. The lowest BCUT2D eigenvalue weighted by molar-refractivity contribution is -0.138. The van der Waals surface area contributed by atoms with Gasteiger partial charge in [-0.2, -0.15) is 26.3 Å². The molecule has 0 amide bonds. The van der Waals surface area contributed by atoms with Crippen LogP contribution in [0.2, 0.25) is 0 Å². The molecule has 2 N–H and O–H groups in total. The van der Waals surface area contributed by atoms with Crippen LogP contribution in [0.3, 0.4) is 0 Å². The lowest BCUT2D eigenvalue weighted by Crippen LogP contribution is -2.15. The molecule has 0 saturated heterocycles. The molecule has 42 heavy (non-hydrogen) atoms. The predicted molar refractivity (Wildman–Crippen MR) is 147 cm³/mol. The molecule has 1 aromatic heterocycles. The molecule has 4 nitrogen and oxygen atoms in total. The number of carbonyl (C=O) groups is 1. The van der Waals surface area contributed by atoms with Gasteiger partial charge in [0.2, 0.25) is 0 Å². The van der Waals surface area contributed by atoms with Gasteiger partial charge >= 0.3 is 18.3 Å². The Kier molecular flexibility index (Phi) is 7.64. The van der Waals surface area contributed by atoms with Crippen molar-refractivity contribution in [3.63, 3.8) is 0 Å². The topological polar surface area (TPSA) is 62.2 Å². The second kappa shape index (κ2) is 11.2. The summed E-state index contributed by atoms with van der Waals surface area (Å²) in [5.74, 6) is -1.73. The summed E-state index contributed by atoms with van der Waals surface area (Å²) in [5.41, 5.74) is -0.141. The number of aromatic carboxylic acids is 1. The standard InChI is InChI=1S/C32H22F6N2O2/c33-31(34,35)24-12-6-14-26(28(24)30(41)42)39-17-20-9-4-10-21(16-20)27-22(15-19-7-2-1-3-8-19)18-40-29-23(27)11-5-13-25(29)32(36,37)38/h1-14,16,18,39H,15,17H2,(H,41,42). The van der Waals surface area contributed by atoms with E-state index in [2.05, 4.69) is 10.3 Å². The molecule has 0 aliphatic carbocycles. The van der Waals surface area contributed by atoms with Crippen molar-refractivity contribution in [1.82, 2.24) is 4.98 Å². The smallest absolute Gasteiger partial charge is 0.418 e. The van der Waals surface area contributed by atoms with Gasteiger partial charge in [0.1, 0.15) is 0 Å². The first-order chi connectivity index (χ1) is 19.9. The van der Waals surface area contributed by atoms with Gasteiger partial charge in [-0.1, -0.05) is 66.7 Å². The molecule has 0 bridgehead atoms. The van der Waals surface area contributed by atoms with Crippen LogP contribution in [-0.2, 0) is 25.3 Å². The normalized spacial score (nSPS) is 12.0. The number of anilines is 1. The number of nitrogens with one attached hydrogen (secondary N) is 1. The lowest BCUT2D eigenvalue weighted by Gasteiger charge is -2.18. The number of nitrogens with zero attached hydrogens (tertiary/aromatic N) is 1. The van der Waals surface area contributed by atoms with E-state index in [1.807, 2.05) is 30.3 Å². The van der Waals surface area contributed by atoms with E-state index in [-0.39, 0.29) is 17.7 Å². The van der Waals surface area contributed by atoms with E-state index >= 15 is 0 Å². The van der Waals surface area contributed by atoms with Crippen LogP contribution in [0.4, 0.5) is 32.0 Å².